The second-order valence-corrected chi connectivity index (χ2v) is 4.01. The van der Waals surface area contributed by atoms with Crippen LogP contribution >= 0.6 is 0 Å². The van der Waals surface area contributed by atoms with Crippen LogP contribution in [0.4, 0.5) is 0 Å². The molecule has 4 nitrogen and oxygen atoms in total. The van der Waals surface area contributed by atoms with Crippen LogP contribution in [-0.2, 0) is 0 Å². The van der Waals surface area contributed by atoms with Gasteiger partial charge in [0, 0.05) is 0 Å². The van der Waals surface area contributed by atoms with Crippen molar-refractivity contribution in [2.75, 3.05) is 0 Å². The molecule has 0 bridgehead atoms. The third kappa shape index (κ3) is 2.80. The van der Waals surface area contributed by atoms with E-state index >= 15 is 0 Å². The molecule has 0 amide bonds. The Morgan fingerprint density at radius 3 is 2.16 bits per heavy atom. The average Bonchev–Trinajstić information content (AvgIpc) is 2.39. The number of benzene rings is 2. The van der Waals surface area contributed by atoms with Crippen LogP contribution in [0.5, 0.6) is 5.75 Å². The molecule has 0 saturated heterocycles. The summed E-state index contributed by atoms with van der Waals surface area (Å²) >= 11 is 0. The quantitative estimate of drug-likeness (QED) is 0.677. The Balaban J connectivity index is 2.30. The summed E-state index contributed by atoms with van der Waals surface area (Å²) in [6.45, 7) is 1.79. The Kier molecular flexibility index (Phi) is 3.61. The molecular formula is C15H12O4. The van der Waals surface area contributed by atoms with Crippen LogP contribution in [-0.4, -0.2) is 17.0 Å². The van der Waals surface area contributed by atoms with Crippen LogP contribution in [0.2, 0.25) is 0 Å². The van der Waals surface area contributed by atoms with E-state index in [1.54, 1.807) is 37.3 Å². The number of esters is 1. The highest BCUT2D eigenvalue weighted by molar-refractivity contribution is 5.96. The lowest BCUT2D eigenvalue weighted by molar-refractivity contribution is 0.0681. The van der Waals surface area contributed by atoms with E-state index in [-0.39, 0.29) is 11.3 Å². The van der Waals surface area contributed by atoms with Gasteiger partial charge in [-0.1, -0.05) is 30.3 Å². The number of carboxylic acids is 1. The molecule has 4 heteroatoms. The van der Waals surface area contributed by atoms with Gasteiger partial charge in [-0.25, -0.2) is 9.59 Å². The van der Waals surface area contributed by atoms with Crippen LogP contribution in [0.1, 0.15) is 26.3 Å². The molecule has 0 atom stereocenters. The normalized spacial score (nSPS) is 9.95. The molecule has 0 aliphatic carbocycles. The first-order valence-electron chi connectivity index (χ1n) is 5.69. The molecule has 0 aromatic heterocycles. The summed E-state index contributed by atoms with van der Waals surface area (Å²) in [5.74, 6) is -1.65. The Bertz CT molecular complexity index is 632. The third-order valence-corrected chi connectivity index (χ3v) is 2.69. The SMILES string of the molecule is Cc1ccccc1C(=O)Oc1ccccc1C(=O)O. The van der Waals surface area contributed by atoms with Crippen LogP contribution < -0.4 is 4.74 Å². The van der Waals surface area contributed by atoms with Crippen molar-refractivity contribution in [3.8, 4) is 5.75 Å². The Morgan fingerprint density at radius 1 is 0.947 bits per heavy atom. The van der Waals surface area contributed by atoms with Gasteiger partial charge in [-0.2, -0.15) is 0 Å². The van der Waals surface area contributed by atoms with E-state index in [1.807, 2.05) is 6.07 Å². The molecule has 96 valence electrons. The Hall–Kier alpha value is -2.62. The second kappa shape index (κ2) is 5.35. The fourth-order valence-corrected chi connectivity index (χ4v) is 1.69. The lowest BCUT2D eigenvalue weighted by Gasteiger charge is -2.08. The summed E-state index contributed by atoms with van der Waals surface area (Å²) in [5, 5.41) is 9.01. The maximum Gasteiger partial charge on any atom is 0.343 e. The molecule has 2 rings (SSSR count). The zero-order valence-electron chi connectivity index (χ0n) is 10.3. The van der Waals surface area contributed by atoms with Crippen molar-refractivity contribution in [1.29, 1.82) is 0 Å². The highest BCUT2D eigenvalue weighted by atomic mass is 16.5. The van der Waals surface area contributed by atoms with Gasteiger partial charge in [0.1, 0.15) is 11.3 Å². The van der Waals surface area contributed by atoms with Gasteiger partial charge in [0.25, 0.3) is 0 Å². The van der Waals surface area contributed by atoms with Crippen molar-refractivity contribution < 1.29 is 19.4 Å². The van der Waals surface area contributed by atoms with Crippen molar-refractivity contribution in [3.05, 3.63) is 65.2 Å². The summed E-state index contributed by atoms with van der Waals surface area (Å²) in [5.41, 5.74) is 1.16. The van der Waals surface area contributed by atoms with Crippen LogP contribution in [0.25, 0.3) is 0 Å². The molecule has 0 spiro atoms. The lowest BCUT2D eigenvalue weighted by Crippen LogP contribution is -2.12. The van der Waals surface area contributed by atoms with Crippen molar-refractivity contribution in [1.82, 2.24) is 0 Å². The van der Waals surface area contributed by atoms with Crippen molar-refractivity contribution >= 4 is 11.9 Å². The molecule has 0 unspecified atom stereocenters. The van der Waals surface area contributed by atoms with Gasteiger partial charge < -0.3 is 9.84 Å². The molecule has 0 heterocycles. The number of aryl methyl sites for hydroxylation is 1. The smallest absolute Gasteiger partial charge is 0.343 e. The summed E-state index contributed by atoms with van der Waals surface area (Å²) in [4.78, 5) is 23.0. The number of ether oxygens (including phenoxy) is 1. The molecule has 0 aliphatic heterocycles. The maximum atomic E-state index is 12.0. The molecule has 0 aliphatic rings. The maximum absolute atomic E-state index is 12.0. The Morgan fingerprint density at radius 2 is 1.53 bits per heavy atom. The van der Waals surface area contributed by atoms with Crippen LogP contribution in [0, 0.1) is 6.92 Å². The fourth-order valence-electron chi connectivity index (χ4n) is 1.69. The summed E-state index contributed by atoms with van der Waals surface area (Å²) in [6.07, 6.45) is 0. The number of para-hydroxylation sites is 1. The molecule has 2 aromatic carbocycles. The van der Waals surface area contributed by atoms with Gasteiger partial charge in [-0.15, -0.1) is 0 Å². The highest BCUT2D eigenvalue weighted by Gasteiger charge is 2.16. The van der Waals surface area contributed by atoms with Crippen molar-refractivity contribution in [2.24, 2.45) is 0 Å². The Labute approximate surface area is 110 Å². The molecule has 0 fully saturated rings. The van der Waals surface area contributed by atoms with Crippen molar-refractivity contribution in [3.63, 3.8) is 0 Å². The summed E-state index contributed by atoms with van der Waals surface area (Å²) < 4.78 is 5.15. The number of carbonyl (C=O) groups excluding carboxylic acids is 1. The lowest BCUT2D eigenvalue weighted by atomic mass is 10.1. The summed E-state index contributed by atoms with van der Waals surface area (Å²) in [6, 6.07) is 13.0. The van der Waals surface area contributed by atoms with Gasteiger partial charge >= 0.3 is 11.9 Å². The van der Waals surface area contributed by atoms with Gasteiger partial charge in [0.05, 0.1) is 5.56 Å². The zero-order valence-corrected chi connectivity index (χ0v) is 10.3. The minimum Gasteiger partial charge on any atom is -0.478 e. The van der Waals surface area contributed by atoms with Crippen LogP contribution in [0.15, 0.2) is 48.5 Å². The molecule has 1 N–H and O–H groups in total. The third-order valence-electron chi connectivity index (χ3n) is 2.69. The van der Waals surface area contributed by atoms with E-state index < -0.39 is 11.9 Å². The molecule has 19 heavy (non-hydrogen) atoms. The van der Waals surface area contributed by atoms with Gasteiger partial charge in [-0.3, -0.25) is 0 Å². The first kappa shape index (κ1) is 12.8. The van der Waals surface area contributed by atoms with E-state index in [0.717, 1.165) is 5.56 Å². The number of rotatable bonds is 3. The summed E-state index contributed by atoms with van der Waals surface area (Å²) in [7, 11) is 0. The number of hydrogen-bond donors (Lipinski definition) is 1. The standard InChI is InChI=1S/C15H12O4/c1-10-6-2-3-7-11(10)15(18)19-13-9-5-4-8-12(13)14(16)17/h2-9H,1H3,(H,16,17). The average molecular weight is 256 g/mol. The monoisotopic (exact) mass is 256 g/mol. The van der Waals surface area contributed by atoms with E-state index in [1.165, 1.54) is 12.1 Å². The molecule has 0 saturated carbocycles. The number of carboxylic acid groups (broad SMARTS) is 1. The minimum atomic E-state index is -1.13. The van der Waals surface area contributed by atoms with Gasteiger partial charge in [0.2, 0.25) is 0 Å². The number of carbonyl (C=O) groups is 2. The number of aromatic carboxylic acids is 1. The fraction of sp³-hybridized carbons (Fsp3) is 0.0667. The van der Waals surface area contributed by atoms with E-state index in [2.05, 4.69) is 0 Å². The first-order valence-corrected chi connectivity index (χ1v) is 5.69. The van der Waals surface area contributed by atoms with Crippen LogP contribution in [0.3, 0.4) is 0 Å². The van der Waals surface area contributed by atoms with Gasteiger partial charge in [-0.05, 0) is 30.7 Å². The van der Waals surface area contributed by atoms with Crippen molar-refractivity contribution in [2.45, 2.75) is 6.92 Å². The molecular weight excluding hydrogens is 244 g/mol. The minimum absolute atomic E-state index is 0.0376. The second-order valence-electron chi connectivity index (χ2n) is 4.01. The highest BCUT2D eigenvalue weighted by Crippen LogP contribution is 2.20. The van der Waals surface area contributed by atoms with E-state index in [9.17, 15) is 9.59 Å². The zero-order chi connectivity index (χ0) is 13.8. The first-order chi connectivity index (χ1) is 9.09. The van der Waals surface area contributed by atoms with Gasteiger partial charge in [0.15, 0.2) is 0 Å². The largest absolute Gasteiger partial charge is 0.478 e. The predicted molar refractivity (Wildman–Crippen MR) is 69.5 cm³/mol. The topological polar surface area (TPSA) is 63.6 Å². The van der Waals surface area contributed by atoms with E-state index in [4.69, 9.17) is 9.84 Å². The molecule has 0 radical (unpaired) electrons. The number of hydrogen-bond acceptors (Lipinski definition) is 3. The molecule has 2 aromatic rings. The van der Waals surface area contributed by atoms with E-state index in [0.29, 0.717) is 5.56 Å². The predicted octanol–water partition coefficient (Wildman–Crippen LogP) is 2.91.